The monoisotopic (exact) mass is 351 g/mol. The highest BCUT2D eigenvalue weighted by atomic mass is 32.2. The minimum atomic E-state index is -1.20. The van der Waals surface area contributed by atoms with Gasteiger partial charge >= 0.3 is 0 Å². The van der Waals surface area contributed by atoms with Crippen LogP contribution in [0.15, 0.2) is 65.1 Å². The van der Waals surface area contributed by atoms with E-state index in [-0.39, 0.29) is 5.56 Å². The molecule has 0 N–H and O–H groups in total. The van der Waals surface area contributed by atoms with E-state index in [0.29, 0.717) is 5.16 Å². The molecule has 1 aromatic heterocycles. The first-order chi connectivity index (χ1) is 12.1. The number of nitrogens with zero attached hydrogens (tertiary/aromatic N) is 4. The van der Waals surface area contributed by atoms with Gasteiger partial charge in [-0.15, -0.1) is 10.2 Å². The molecule has 0 bridgehead atoms. The summed E-state index contributed by atoms with van der Waals surface area (Å²) in [6.45, 7) is 2.06. The Bertz CT molecular complexity index is 886. The zero-order chi connectivity index (χ0) is 17.6. The van der Waals surface area contributed by atoms with E-state index in [0.717, 1.165) is 11.3 Å². The maximum absolute atomic E-state index is 10.7. The highest BCUT2D eigenvalue weighted by Crippen LogP contribution is 2.20. The largest absolute Gasteiger partial charge is 0.545 e. The molecule has 0 fully saturated rings. The number of carbonyl (C=O) groups is 1. The van der Waals surface area contributed by atoms with E-state index in [1.165, 1.54) is 29.6 Å². The molecular formula is C18H15N4O2S-. The van der Waals surface area contributed by atoms with Crippen LogP contribution in [0.3, 0.4) is 0 Å². The molecule has 0 saturated carbocycles. The molecule has 0 atom stereocenters. The van der Waals surface area contributed by atoms with Gasteiger partial charge in [0.25, 0.3) is 0 Å². The lowest BCUT2D eigenvalue weighted by atomic mass is 10.1. The van der Waals surface area contributed by atoms with Crippen LogP contribution in [-0.2, 0) is 5.75 Å². The number of hydrogen-bond donors (Lipinski definition) is 0. The molecule has 1 heterocycles. The smallest absolute Gasteiger partial charge is 0.212 e. The quantitative estimate of drug-likeness (QED) is 0.502. The van der Waals surface area contributed by atoms with Gasteiger partial charge in [-0.1, -0.05) is 65.9 Å². The highest BCUT2D eigenvalue weighted by molar-refractivity contribution is 7.98. The van der Waals surface area contributed by atoms with Gasteiger partial charge in [0.1, 0.15) is 6.33 Å². The zero-order valence-electron chi connectivity index (χ0n) is 13.5. The van der Waals surface area contributed by atoms with Gasteiger partial charge in [0.2, 0.25) is 5.16 Å². The minimum absolute atomic E-state index is 0.135. The predicted molar refractivity (Wildman–Crippen MR) is 94.5 cm³/mol. The molecule has 3 rings (SSSR count). The van der Waals surface area contributed by atoms with Crippen LogP contribution in [0.2, 0.25) is 0 Å². The number of aromatic carboxylic acids is 1. The third-order valence-electron chi connectivity index (χ3n) is 3.47. The average Bonchev–Trinajstić information content (AvgIpc) is 3.07. The Morgan fingerprint density at radius 1 is 1.20 bits per heavy atom. The average molecular weight is 351 g/mol. The molecule has 6 nitrogen and oxygen atoms in total. The normalized spacial score (nSPS) is 11.1. The standard InChI is InChI=1S/C18H16N4O2S/c1-13-2-4-15(5-3-13)11-25-18-21-19-12-22(18)20-10-14-6-8-16(9-7-14)17(23)24/h2-10,12H,11H2,1H3,(H,23,24)/p-1/b20-10-. The van der Waals surface area contributed by atoms with E-state index >= 15 is 0 Å². The van der Waals surface area contributed by atoms with Crippen LogP contribution in [-0.4, -0.2) is 27.1 Å². The Labute approximate surface area is 149 Å². The van der Waals surface area contributed by atoms with Gasteiger partial charge in [0.15, 0.2) is 0 Å². The number of carboxylic acids is 1. The van der Waals surface area contributed by atoms with E-state index in [1.54, 1.807) is 34.8 Å². The van der Waals surface area contributed by atoms with Crippen molar-refractivity contribution in [1.29, 1.82) is 0 Å². The van der Waals surface area contributed by atoms with Crippen LogP contribution in [0.5, 0.6) is 0 Å². The van der Waals surface area contributed by atoms with E-state index in [1.807, 2.05) is 0 Å². The van der Waals surface area contributed by atoms with Crippen molar-refractivity contribution in [1.82, 2.24) is 14.9 Å². The van der Waals surface area contributed by atoms with Gasteiger partial charge in [-0.05, 0) is 23.6 Å². The van der Waals surface area contributed by atoms with Crippen molar-refractivity contribution >= 4 is 23.9 Å². The number of carbonyl (C=O) groups excluding carboxylic acids is 1. The fourth-order valence-corrected chi connectivity index (χ4v) is 2.88. The van der Waals surface area contributed by atoms with Crippen LogP contribution < -0.4 is 5.11 Å². The summed E-state index contributed by atoms with van der Waals surface area (Å²) in [5.41, 5.74) is 3.34. The lowest BCUT2D eigenvalue weighted by Gasteiger charge is -2.03. The summed E-state index contributed by atoms with van der Waals surface area (Å²) in [6, 6.07) is 14.6. The van der Waals surface area contributed by atoms with E-state index < -0.39 is 5.97 Å². The summed E-state index contributed by atoms with van der Waals surface area (Å²) < 4.78 is 1.59. The number of carboxylic acid groups (broad SMARTS) is 1. The molecule has 0 saturated heterocycles. The van der Waals surface area contributed by atoms with E-state index in [2.05, 4.69) is 46.5 Å². The van der Waals surface area contributed by atoms with Crippen LogP contribution in [0, 0.1) is 6.92 Å². The first-order valence-electron chi connectivity index (χ1n) is 7.56. The van der Waals surface area contributed by atoms with Crippen molar-refractivity contribution in [3.05, 3.63) is 77.1 Å². The van der Waals surface area contributed by atoms with Crippen molar-refractivity contribution in [2.24, 2.45) is 5.10 Å². The Morgan fingerprint density at radius 3 is 2.60 bits per heavy atom. The van der Waals surface area contributed by atoms with Crippen LogP contribution >= 0.6 is 11.8 Å². The molecule has 25 heavy (non-hydrogen) atoms. The van der Waals surface area contributed by atoms with Crippen LogP contribution in [0.1, 0.15) is 27.0 Å². The van der Waals surface area contributed by atoms with Crippen molar-refractivity contribution in [2.45, 2.75) is 17.8 Å². The van der Waals surface area contributed by atoms with Crippen molar-refractivity contribution in [2.75, 3.05) is 0 Å². The van der Waals surface area contributed by atoms with E-state index in [4.69, 9.17) is 0 Å². The molecule has 0 aliphatic carbocycles. The molecule has 126 valence electrons. The first-order valence-corrected chi connectivity index (χ1v) is 8.54. The molecule has 0 unspecified atom stereocenters. The maximum atomic E-state index is 10.7. The molecule has 2 aromatic carbocycles. The van der Waals surface area contributed by atoms with Crippen LogP contribution in [0.4, 0.5) is 0 Å². The Kier molecular flexibility index (Phi) is 5.25. The zero-order valence-corrected chi connectivity index (χ0v) is 14.3. The fraction of sp³-hybridized carbons (Fsp3) is 0.111. The Hall–Kier alpha value is -2.93. The Balaban J connectivity index is 1.66. The summed E-state index contributed by atoms with van der Waals surface area (Å²) in [5.74, 6) is -0.425. The Morgan fingerprint density at radius 2 is 1.92 bits per heavy atom. The maximum Gasteiger partial charge on any atom is 0.212 e. The first kappa shape index (κ1) is 16.9. The number of aryl methyl sites for hydroxylation is 1. The molecule has 0 amide bonds. The number of benzene rings is 2. The number of aromatic nitrogens is 3. The van der Waals surface area contributed by atoms with Crippen molar-refractivity contribution in [3.63, 3.8) is 0 Å². The highest BCUT2D eigenvalue weighted by Gasteiger charge is 2.04. The molecule has 3 aromatic rings. The number of thioether (sulfide) groups is 1. The predicted octanol–water partition coefficient (Wildman–Crippen LogP) is 2.12. The summed E-state index contributed by atoms with van der Waals surface area (Å²) in [4.78, 5) is 10.7. The summed E-state index contributed by atoms with van der Waals surface area (Å²) in [6.07, 6.45) is 3.15. The van der Waals surface area contributed by atoms with E-state index in [9.17, 15) is 9.90 Å². The minimum Gasteiger partial charge on any atom is -0.545 e. The van der Waals surface area contributed by atoms with Crippen LogP contribution in [0.25, 0.3) is 0 Å². The van der Waals surface area contributed by atoms with Crippen molar-refractivity contribution < 1.29 is 9.90 Å². The topological polar surface area (TPSA) is 83.2 Å². The number of rotatable bonds is 6. The molecular weight excluding hydrogens is 336 g/mol. The lowest BCUT2D eigenvalue weighted by Crippen LogP contribution is -2.21. The molecule has 0 aliphatic heterocycles. The second kappa shape index (κ2) is 7.76. The summed E-state index contributed by atoms with van der Waals surface area (Å²) in [5, 5.41) is 23.7. The molecule has 0 aliphatic rings. The summed E-state index contributed by atoms with van der Waals surface area (Å²) in [7, 11) is 0. The molecule has 0 radical (unpaired) electrons. The van der Waals surface area contributed by atoms with Gasteiger partial charge in [0, 0.05) is 5.75 Å². The third-order valence-corrected chi connectivity index (χ3v) is 4.47. The second-order valence-corrected chi connectivity index (χ2v) is 6.33. The molecule has 7 heteroatoms. The third kappa shape index (κ3) is 4.54. The van der Waals surface area contributed by atoms with Gasteiger partial charge in [-0.2, -0.15) is 9.78 Å². The summed E-state index contributed by atoms with van der Waals surface area (Å²) >= 11 is 1.54. The van der Waals surface area contributed by atoms with Gasteiger partial charge in [-0.3, -0.25) is 0 Å². The SMILES string of the molecule is Cc1ccc(CSc2nncn2/N=C\c2ccc(C(=O)[O-])cc2)cc1. The lowest BCUT2D eigenvalue weighted by molar-refractivity contribution is -0.255. The fourth-order valence-electron chi connectivity index (χ4n) is 2.06. The second-order valence-electron chi connectivity index (χ2n) is 5.39. The van der Waals surface area contributed by atoms with Gasteiger partial charge in [0.05, 0.1) is 12.2 Å². The van der Waals surface area contributed by atoms with Gasteiger partial charge in [-0.25, -0.2) is 0 Å². The van der Waals surface area contributed by atoms with Crippen molar-refractivity contribution in [3.8, 4) is 0 Å². The number of hydrogen-bond acceptors (Lipinski definition) is 6. The molecule has 0 spiro atoms. The van der Waals surface area contributed by atoms with Gasteiger partial charge < -0.3 is 9.90 Å².